The highest BCUT2D eigenvalue weighted by molar-refractivity contribution is 6.34. The lowest BCUT2D eigenvalue weighted by Crippen LogP contribution is -2.44. The van der Waals surface area contributed by atoms with E-state index in [1.54, 1.807) is 0 Å². The Morgan fingerprint density at radius 3 is 2.62 bits per heavy atom. The van der Waals surface area contributed by atoms with Gasteiger partial charge >= 0.3 is 0 Å². The summed E-state index contributed by atoms with van der Waals surface area (Å²) in [5, 5.41) is 13.6. The van der Waals surface area contributed by atoms with Crippen LogP contribution in [-0.4, -0.2) is 34.9 Å². The molecule has 1 N–H and O–H groups in total. The second kappa shape index (κ2) is 6.87. The molecule has 0 bridgehead atoms. The average Bonchev–Trinajstić information content (AvgIpc) is 2.49. The Morgan fingerprint density at radius 2 is 2.05 bits per heavy atom. The Balaban J connectivity index is 2.03. The van der Waals surface area contributed by atoms with Crippen LogP contribution in [0.1, 0.15) is 26.2 Å². The number of halogens is 1. The number of hydrogen-bond donors (Lipinski definition) is 1. The van der Waals surface area contributed by atoms with Crippen molar-refractivity contribution in [2.45, 2.75) is 32.2 Å². The highest BCUT2D eigenvalue weighted by atomic mass is 35.5. The summed E-state index contributed by atoms with van der Waals surface area (Å²) < 4.78 is 0. The van der Waals surface area contributed by atoms with Gasteiger partial charge in [0.2, 0.25) is 5.91 Å². The Morgan fingerprint density at radius 1 is 1.38 bits per heavy atom. The lowest BCUT2D eigenvalue weighted by atomic mass is 10.1. The smallest absolute Gasteiger partial charge is 0.271 e. The van der Waals surface area contributed by atoms with E-state index in [0.717, 1.165) is 25.9 Å². The minimum Gasteiger partial charge on any atom is -0.323 e. The van der Waals surface area contributed by atoms with Crippen LogP contribution < -0.4 is 5.32 Å². The first-order chi connectivity index (χ1) is 9.99. The van der Waals surface area contributed by atoms with Gasteiger partial charge in [-0.2, -0.15) is 0 Å². The summed E-state index contributed by atoms with van der Waals surface area (Å²) in [7, 11) is 0. The number of non-ortho nitro benzene ring substituents is 1. The fourth-order valence-corrected chi connectivity index (χ4v) is 2.65. The number of nitro groups is 1. The molecule has 0 aliphatic carbocycles. The van der Waals surface area contributed by atoms with Crippen molar-refractivity contribution in [1.82, 2.24) is 4.90 Å². The molecule has 0 saturated carbocycles. The zero-order chi connectivity index (χ0) is 15.4. The second-order valence-corrected chi connectivity index (χ2v) is 5.59. The molecule has 1 saturated heterocycles. The normalized spacial score (nSPS) is 17.2. The molecule has 2 rings (SSSR count). The van der Waals surface area contributed by atoms with Crippen molar-refractivity contribution in [3.05, 3.63) is 33.3 Å². The van der Waals surface area contributed by atoms with Crippen LogP contribution in [0.5, 0.6) is 0 Å². The Kier molecular flexibility index (Phi) is 5.14. The Hall–Kier alpha value is -1.66. The Labute approximate surface area is 128 Å². The number of likely N-dealkylation sites (tertiary alicyclic amines) is 1. The van der Waals surface area contributed by atoms with Crippen LogP contribution in [0.4, 0.5) is 11.4 Å². The zero-order valence-electron chi connectivity index (χ0n) is 11.8. The number of benzene rings is 1. The van der Waals surface area contributed by atoms with Crippen LogP contribution in [0.3, 0.4) is 0 Å². The highest BCUT2D eigenvalue weighted by Gasteiger charge is 2.23. The first kappa shape index (κ1) is 15.7. The van der Waals surface area contributed by atoms with Crippen LogP contribution in [0, 0.1) is 10.1 Å². The predicted molar refractivity (Wildman–Crippen MR) is 81.6 cm³/mol. The summed E-state index contributed by atoms with van der Waals surface area (Å²) in [6, 6.07) is 3.79. The van der Waals surface area contributed by atoms with E-state index in [9.17, 15) is 14.9 Å². The van der Waals surface area contributed by atoms with Gasteiger partial charge in [-0.05, 0) is 38.9 Å². The van der Waals surface area contributed by atoms with Crippen molar-refractivity contribution >= 4 is 28.9 Å². The number of carbonyl (C=O) groups excluding carboxylic acids is 1. The predicted octanol–water partition coefficient (Wildman–Crippen LogP) is 3.06. The van der Waals surface area contributed by atoms with Crippen molar-refractivity contribution < 1.29 is 9.72 Å². The standard InChI is InChI=1S/C14H18ClN3O3/c1-10(17-7-3-2-4-8-17)14(19)16-13-6-5-11(18(20)21)9-12(13)15/h5-6,9-10H,2-4,7-8H2,1H3,(H,16,19). The fraction of sp³-hybridized carbons (Fsp3) is 0.500. The van der Waals surface area contributed by atoms with Crippen molar-refractivity contribution in [2.24, 2.45) is 0 Å². The number of rotatable bonds is 4. The molecule has 21 heavy (non-hydrogen) atoms. The van der Waals surface area contributed by atoms with E-state index >= 15 is 0 Å². The van der Waals surface area contributed by atoms with E-state index in [-0.39, 0.29) is 22.7 Å². The van der Waals surface area contributed by atoms with Gasteiger partial charge in [0.15, 0.2) is 0 Å². The van der Waals surface area contributed by atoms with E-state index in [1.165, 1.54) is 24.6 Å². The van der Waals surface area contributed by atoms with Gasteiger partial charge in [-0.3, -0.25) is 19.8 Å². The molecule has 1 aliphatic heterocycles. The molecule has 0 aromatic heterocycles. The topological polar surface area (TPSA) is 75.5 Å². The molecule has 7 heteroatoms. The molecule has 114 valence electrons. The van der Waals surface area contributed by atoms with Crippen molar-refractivity contribution in [1.29, 1.82) is 0 Å². The van der Waals surface area contributed by atoms with Crippen LogP contribution in [0.2, 0.25) is 5.02 Å². The number of hydrogen-bond acceptors (Lipinski definition) is 4. The summed E-state index contributed by atoms with van der Waals surface area (Å²) in [5.41, 5.74) is 0.304. The number of nitro benzene ring substituents is 1. The minimum atomic E-state index is -0.520. The third-order valence-electron chi connectivity index (χ3n) is 3.74. The van der Waals surface area contributed by atoms with Crippen LogP contribution in [0.15, 0.2) is 18.2 Å². The van der Waals surface area contributed by atoms with E-state index in [2.05, 4.69) is 10.2 Å². The van der Waals surface area contributed by atoms with E-state index in [4.69, 9.17) is 11.6 Å². The zero-order valence-corrected chi connectivity index (χ0v) is 12.6. The highest BCUT2D eigenvalue weighted by Crippen LogP contribution is 2.27. The maximum Gasteiger partial charge on any atom is 0.271 e. The van der Waals surface area contributed by atoms with E-state index in [0.29, 0.717) is 5.69 Å². The molecule has 1 aliphatic rings. The molecule has 1 amide bonds. The molecule has 1 heterocycles. The summed E-state index contributed by atoms with van der Waals surface area (Å²) in [6.07, 6.45) is 3.42. The average molecular weight is 312 g/mol. The first-order valence-corrected chi connectivity index (χ1v) is 7.35. The van der Waals surface area contributed by atoms with Gasteiger partial charge < -0.3 is 5.32 Å². The molecule has 1 fully saturated rings. The fourth-order valence-electron chi connectivity index (χ4n) is 2.43. The molecule has 1 atom stereocenters. The SMILES string of the molecule is CC(C(=O)Nc1ccc([N+](=O)[O-])cc1Cl)N1CCCCC1. The third kappa shape index (κ3) is 3.92. The lowest BCUT2D eigenvalue weighted by Gasteiger charge is -2.31. The van der Waals surface area contributed by atoms with Gasteiger partial charge in [-0.1, -0.05) is 18.0 Å². The van der Waals surface area contributed by atoms with Crippen LogP contribution in [0.25, 0.3) is 0 Å². The van der Waals surface area contributed by atoms with Gasteiger partial charge in [-0.25, -0.2) is 0 Å². The van der Waals surface area contributed by atoms with E-state index in [1.807, 2.05) is 6.92 Å². The van der Waals surface area contributed by atoms with Crippen LogP contribution >= 0.6 is 11.6 Å². The van der Waals surface area contributed by atoms with Gasteiger partial charge in [0.1, 0.15) is 0 Å². The number of amides is 1. The summed E-state index contributed by atoms with van der Waals surface area (Å²) >= 11 is 5.98. The molecule has 6 nitrogen and oxygen atoms in total. The van der Waals surface area contributed by atoms with Crippen molar-refractivity contribution in [3.63, 3.8) is 0 Å². The quantitative estimate of drug-likeness (QED) is 0.685. The molecule has 0 spiro atoms. The molecule has 0 radical (unpaired) electrons. The number of anilines is 1. The second-order valence-electron chi connectivity index (χ2n) is 5.18. The monoisotopic (exact) mass is 311 g/mol. The molecule has 1 unspecified atom stereocenters. The van der Waals surface area contributed by atoms with Crippen molar-refractivity contribution in [3.8, 4) is 0 Å². The number of piperidine rings is 1. The number of nitrogens with one attached hydrogen (secondary N) is 1. The number of carbonyl (C=O) groups is 1. The molecule has 1 aromatic rings. The van der Waals surface area contributed by atoms with Crippen LogP contribution in [-0.2, 0) is 4.79 Å². The van der Waals surface area contributed by atoms with Gasteiger partial charge in [0.25, 0.3) is 5.69 Å². The van der Waals surface area contributed by atoms with Crippen molar-refractivity contribution in [2.75, 3.05) is 18.4 Å². The third-order valence-corrected chi connectivity index (χ3v) is 4.05. The molecular formula is C14H18ClN3O3. The summed E-state index contributed by atoms with van der Waals surface area (Å²) in [4.78, 5) is 24.5. The first-order valence-electron chi connectivity index (χ1n) is 6.98. The van der Waals surface area contributed by atoms with E-state index < -0.39 is 4.92 Å². The largest absolute Gasteiger partial charge is 0.323 e. The lowest BCUT2D eigenvalue weighted by molar-refractivity contribution is -0.384. The molecular weight excluding hydrogens is 294 g/mol. The van der Waals surface area contributed by atoms with Gasteiger partial charge in [0, 0.05) is 12.1 Å². The maximum atomic E-state index is 12.2. The van der Waals surface area contributed by atoms with Gasteiger partial charge in [-0.15, -0.1) is 0 Å². The summed E-state index contributed by atoms with van der Waals surface area (Å²) in [5.74, 6) is -0.146. The Bertz CT molecular complexity index is 544. The molecule has 1 aromatic carbocycles. The maximum absolute atomic E-state index is 12.2. The number of nitrogens with zero attached hydrogens (tertiary/aromatic N) is 2. The minimum absolute atomic E-state index is 0.0953. The van der Waals surface area contributed by atoms with Gasteiger partial charge in [0.05, 0.1) is 21.7 Å². The summed E-state index contributed by atoms with van der Waals surface area (Å²) in [6.45, 7) is 3.70.